The Bertz CT molecular complexity index is 206. The van der Waals surface area contributed by atoms with Gasteiger partial charge in [-0.25, -0.2) is 4.57 Å². The smallest absolute Gasteiger partial charge is 0.302 e. The van der Waals surface area contributed by atoms with E-state index in [2.05, 4.69) is 9.05 Å². The van der Waals surface area contributed by atoms with Crippen LogP contribution >= 0.6 is 7.82 Å². The highest BCUT2D eigenvalue weighted by Crippen LogP contribution is 2.43. The van der Waals surface area contributed by atoms with Gasteiger partial charge in [0.15, 0.2) is 0 Å². The van der Waals surface area contributed by atoms with E-state index in [1.807, 2.05) is 0 Å². The van der Waals surface area contributed by atoms with Crippen molar-refractivity contribution in [3.05, 3.63) is 0 Å². The standard InChI is InChI=1S/C6H12F3O4P/c1-2-4-12-14(10,11)13-5-3-6(7,8)9/h2-5H2,1H3,(H,10,11). The molecule has 0 rings (SSSR count). The number of hydrogen-bond acceptors (Lipinski definition) is 3. The van der Waals surface area contributed by atoms with Gasteiger partial charge in [-0.2, -0.15) is 13.2 Å². The molecule has 4 nitrogen and oxygen atoms in total. The number of hydrogen-bond donors (Lipinski definition) is 1. The summed E-state index contributed by atoms with van der Waals surface area (Å²) in [4.78, 5) is 8.79. The molecule has 1 atom stereocenters. The maximum absolute atomic E-state index is 11.6. The molecule has 0 aromatic heterocycles. The fourth-order valence-corrected chi connectivity index (χ4v) is 1.33. The lowest BCUT2D eigenvalue weighted by Gasteiger charge is -2.12. The molecule has 0 aliphatic heterocycles. The van der Waals surface area contributed by atoms with Gasteiger partial charge in [0.1, 0.15) is 0 Å². The average molecular weight is 236 g/mol. The maximum atomic E-state index is 11.6. The summed E-state index contributed by atoms with van der Waals surface area (Å²) in [6.45, 7) is 0.788. The van der Waals surface area contributed by atoms with Gasteiger partial charge in [0.05, 0.1) is 19.6 Å². The van der Waals surface area contributed by atoms with Crippen molar-refractivity contribution in [3.8, 4) is 0 Å². The molecular formula is C6H12F3O4P. The second kappa shape index (κ2) is 5.70. The quantitative estimate of drug-likeness (QED) is 0.720. The first-order chi connectivity index (χ1) is 6.27. The third-order valence-electron chi connectivity index (χ3n) is 1.10. The lowest BCUT2D eigenvalue weighted by Crippen LogP contribution is -2.11. The second-order valence-electron chi connectivity index (χ2n) is 2.50. The Labute approximate surface area is 79.6 Å². The van der Waals surface area contributed by atoms with Gasteiger partial charge in [-0.3, -0.25) is 9.05 Å². The molecular weight excluding hydrogens is 224 g/mol. The summed E-state index contributed by atoms with van der Waals surface area (Å²) >= 11 is 0. The summed E-state index contributed by atoms with van der Waals surface area (Å²) in [6, 6.07) is 0. The molecule has 14 heavy (non-hydrogen) atoms. The molecule has 8 heteroatoms. The van der Waals surface area contributed by atoms with Gasteiger partial charge in [-0.05, 0) is 6.42 Å². The van der Waals surface area contributed by atoms with Crippen LogP contribution in [0.5, 0.6) is 0 Å². The van der Waals surface area contributed by atoms with Crippen LogP contribution in [0.2, 0.25) is 0 Å². The summed E-state index contributed by atoms with van der Waals surface area (Å²) in [5.41, 5.74) is 0. The van der Waals surface area contributed by atoms with Crippen molar-refractivity contribution in [3.63, 3.8) is 0 Å². The zero-order valence-corrected chi connectivity index (χ0v) is 8.48. The highest BCUT2D eigenvalue weighted by atomic mass is 31.2. The molecule has 0 bridgehead atoms. The molecule has 0 aromatic rings. The molecule has 0 fully saturated rings. The van der Waals surface area contributed by atoms with E-state index in [-0.39, 0.29) is 6.61 Å². The molecule has 0 saturated carbocycles. The van der Waals surface area contributed by atoms with Crippen LogP contribution in [0, 0.1) is 0 Å². The van der Waals surface area contributed by atoms with Gasteiger partial charge in [0.25, 0.3) is 0 Å². The largest absolute Gasteiger partial charge is 0.472 e. The van der Waals surface area contributed by atoms with Crippen molar-refractivity contribution in [1.29, 1.82) is 0 Å². The van der Waals surface area contributed by atoms with Gasteiger partial charge in [0.2, 0.25) is 0 Å². The van der Waals surface area contributed by atoms with Crippen molar-refractivity contribution >= 4 is 7.82 Å². The molecule has 0 aliphatic rings. The van der Waals surface area contributed by atoms with Crippen molar-refractivity contribution in [1.82, 2.24) is 0 Å². The highest BCUT2D eigenvalue weighted by molar-refractivity contribution is 7.47. The van der Waals surface area contributed by atoms with E-state index in [1.165, 1.54) is 0 Å². The average Bonchev–Trinajstić information content (AvgIpc) is 1.98. The van der Waals surface area contributed by atoms with Crippen LogP contribution in [0.15, 0.2) is 0 Å². The normalized spacial score (nSPS) is 16.6. The minimum absolute atomic E-state index is 0.0280. The minimum atomic E-state index is -4.40. The van der Waals surface area contributed by atoms with Crippen LogP contribution in [-0.2, 0) is 13.6 Å². The molecule has 1 unspecified atom stereocenters. The molecule has 0 heterocycles. The van der Waals surface area contributed by atoms with E-state index >= 15 is 0 Å². The van der Waals surface area contributed by atoms with Crippen LogP contribution < -0.4 is 0 Å². The molecule has 0 radical (unpaired) electrons. The summed E-state index contributed by atoms with van der Waals surface area (Å²) in [5.74, 6) is 0. The first-order valence-corrected chi connectivity index (χ1v) is 5.45. The van der Waals surface area contributed by atoms with E-state index < -0.39 is 27.0 Å². The van der Waals surface area contributed by atoms with Crippen LogP contribution in [-0.4, -0.2) is 24.3 Å². The number of alkyl halides is 3. The molecule has 0 aromatic carbocycles. The molecule has 0 amide bonds. The summed E-state index contributed by atoms with van der Waals surface area (Å²) < 4.78 is 54.0. The number of phosphoric ester groups is 1. The van der Waals surface area contributed by atoms with Crippen molar-refractivity contribution in [2.45, 2.75) is 25.9 Å². The highest BCUT2D eigenvalue weighted by Gasteiger charge is 2.29. The Morgan fingerprint density at radius 1 is 1.29 bits per heavy atom. The molecule has 1 N–H and O–H groups in total. The zero-order valence-electron chi connectivity index (χ0n) is 7.58. The number of phosphoric acid groups is 1. The van der Waals surface area contributed by atoms with Gasteiger partial charge < -0.3 is 4.89 Å². The van der Waals surface area contributed by atoms with Gasteiger partial charge in [-0.15, -0.1) is 0 Å². The lowest BCUT2D eigenvalue weighted by atomic mass is 10.5. The topological polar surface area (TPSA) is 55.8 Å². The van der Waals surface area contributed by atoms with Gasteiger partial charge in [-0.1, -0.05) is 6.92 Å². The van der Waals surface area contributed by atoms with Crippen LogP contribution in [0.1, 0.15) is 19.8 Å². The predicted molar refractivity (Wildman–Crippen MR) is 42.7 cm³/mol. The van der Waals surface area contributed by atoms with Crippen molar-refractivity contribution < 1.29 is 31.7 Å². The van der Waals surface area contributed by atoms with E-state index in [0.717, 1.165) is 0 Å². The van der Waals surface area contributed by atoms with Gasteiger partial charge >= 0.3 is 14.0 Å². The number of rotatable bonds is 6. The van der Waals surface area contributed by atoms with E-state index in [1.54, 1.807) is 6.92 Å². The minimum Gasteiger partial charge on any atom is -0.302 e. The second-order valence-corrected chi connectivity index (χ2v) is 3.95. The Morgan fingerprint density at radius 2 is 1.79 bits per heavy atom. The molecule has 0 aliphatic carbocycles. The predicted octanol–water partition coefficient (Wildman–Crippen LogP) is 2.48. The van der Waals surface area contributed by atoms with Gasteiger partial charge in [0, 0.05) is 0 Å². The fourth-order valence-electron chi connectivity index (χ4n) is 0.521. The first-order valence-electron chi connectivity index (χ1n) is 3.95. The zero-order chi connectivity index (χ0) is 11.2. The lowest BCUT2D eigenvalue weighted by molar-refractivity contribution is -0.140. The van der Waals surface area contributed by atoms with Crippen LogP contribution in [0.25, 0.3) is 0 Å². The van der Waals surface area contributed by atoms with Crippen molar-refractivity contribution in [2.75, 3.05) is 13.2 Å². The Kier molecular flexibility index (Phi) is 5.66. The van der Waals surface area contributed by atoms with Crippen LogP contribution in [0.4, 0.5) is 13.2 Å². The summed E-state index contributed by atoms with van der Waals surface area (Å²) in [7, 11) is -4.30. The molecule has 0 spiro atoms. The van der Waals surface area contributed by atoms with E-state index in [9.17, 15) is 17.7 Å². The molecule has 0 saturated heterocycles. The Morgan fingerprint density at radius 3 is 2.21 bits per heavy atom. The van der Waals surface area contributed by atoms with Crippen LogP contribution in [0.3, 0.4) is 0 Å². The third-order valence-corrected chi connectivity index (χ3v) is 2.12. The number of halogens is 3. The Balaban J connectivity index is 3.71. The summed E-state index contributed by atoms with van der Waals surface area (Å²) in [6.07, 6.45) is -5.19. The Hall–Kier alpha value is -0.100. The van der Waals surface area contributed by atoms with E-state index in [4.69, 9.17) is 4.89 Å². The SMILES string of the molecule is CCCOP(=O)(O)OCCC(F)(F)F. The third kappa shape index (κ3) is 8.50. The fraction of sp³-hybridized carbons (Fsp3) is 1.00. The monoisotopic (exact) mass is 236 g/mol. The first kappa shape index (κ1) is 13.9. The van der Waals surface area contributed by atoms with E-state index in [0.29, 0.717) is 6.42 Å². The maximum Gasteiger partial charge on any atom is 0.472 e. The molecule has 86 valence electrons. The van der Waals surface area contributed by atoms with Crippen molar-refractivity contribution in [2.24, 2.45) is 0 Å². The summed E-state index contributed by atoms with van der Waals surface area (Å²) in [5, 5.41) is 0.